The Balaban J connectivity index is 1.49. The molecule has 30 heavy (non-hydrogen) atoms. The van der Waals surface area contributed by atoms with E-state index in [-0.39, 0.29) is 5.56 Å². The topological polar surface area (TPSA) is 45.1 Å². The van der Waals surface area contributed by atoms with Crippen LogP contribution in [0.25, 0.3) is 33.7 Å². The Morgan fingerprint density at radius 2 is 1.83 bits per heavy atom. The average Bonchev–Trinajstić information content (AvgIpc) is 3.51. The van der Waals surface area contributed by atoms with E-state index >= 15 is 0 Å². The largest absolute Gasteiger partial charge is 0.372 e. The minimum atomic E-state index is -0.911. The third-order valence-electron chi connectivity index (χ3n) is 5.73. The molecule has 0 aliphatic carbocycles. The molecule has 4 nitrogen and oxygen atoms in total. The second-order valence-corrected chi connectivity index (χ2v) is 7.67. The van der Waals surface area contributed by atoms with Crippen molar-refractivity contribution in [1.82, 2.24) is 10.1 Å². The van der Waals surface area contributed by atoms with Crippen LogP contribution >= 0.6 is 0 Å². The van der Waals surface area contributed by atoms with Gasteiger partial charge in [0.1, 0.15) is 0 Å². The number of aryl methyl sites for hydroxylation is 1. The molecule has 0 unspecified atom stereocenters. The highest BCUT2D eigenvalue weighted by molar-refractivity contribution is 5.82. The molecule has 0 atom stereocenters. The number of halogens is 2. The van der Waals surface area contributed by atoms with Gasteiger partial charge in [-0.1, -0.05) is 23.4 Å². The molecule has 1 N–H and O–H groups in total. The van der Waals surface area contributed by atoms with Crippen LogP contribution in [0.1, 0.15) is 18.4 Å². The van der Waals surface area contributed by atoms with Crippen LogP contribution in [0.5, 0.6) is 0 Å². The van der Waals surface area contributed by atoms with Crippen molar-refractivity contribution in [1.29, 1.82) is 0 Å². The van der Waals surface area contributed by atoms with Crippen LogP contribution in [-0.4, -0.2) is 23.2 Å². The van der Waals surface area contributed by atoms with E-state index in [0.29, 0.717) is 11.3 Å². The zero-order valence-corrected chi connectivity index (χ0v) is 16.6. The van der Waals surface area contributed by atoms with Gasteiger partial charge in [0.15, 0.2) is 17.4 Å². The van der Waals surface area contributed by atoms with Gasteiger partial charge in [0.05, 0.1) is 11.8 Å². The van der Waals surface area contributed by atoms with Crippen molar-refractivity contribution in [2.75, 3.05) is 18.0 Å². The highest BCUT2D eigenvalue weighted by Gasteiger charge is 2.20. The number of hydrogen-bond acceptors (Lipinski definition) is 3. The molecule has 2 aromatic carbocycles. The molecular formula is C24H21F2N3O. The highest BCUT2D eigenvalue weighted by Crippen LogP contribution is 2.36. The van der Waals surface area contributed by atoms with Crippen LogP contribution < -0.4 is 4.90 Å². The molecule has 0 radical (unpaired) electrons. The van der Waals surface area contributed by atoms with Crippen molar-refractivity contribution in [3.8, 4) is 33.7 Å². The Kier molecular flexibility index (Phi) is 4.62. The first-order valence-corrected chi connectivity index (χ1v) is 10.1. The molecule has 152 valence electrons. The van der Waals surface area contributed by atoms with E-state index in [1.54, 1.807) is 6.20 Å². The summed E-state index contributed by atoms with van der Waals surface area (Å²) in [6.45, 7) is 4.31. The van der Waals surface area contributed by atoms with E-state index in [9.17, 15) is 8.78 Å². The monoisotopic (exact) mass is 405 g/mol. The van der Waals surface area contributed by atoms with Gasteiger partial charge >= 0.3 is 0 Å². The van der Waals surface area contributed by atoms with Gasteiger partial charge in [-0.2, -0.15) is 0 Å². The molecule has 2 aromatic heterocycles. The molecule has 5 rings (SSSR count). The number of nitrogens with one attached hydrogen (secondary N) is 1. The van der Waals surface area contributed by atoms with Crippen molar-refractivity contribution >= 4 is 5.69 Å². The summed E-state index contributed by atoms with van der Waals surface area (Å²) in [7, 11) is 0. The van der Waals surface area contributed by atoms with Crippen molar-refractivity contribution in [2.45, 2.75) is 19.8 Å². The van der Waals surface area contributed by atoms with Crippen LogP contribution in [-0.2, 0) is 0 Å². The van der Waals surface area contributed by atoms with Gasteiger partial charge in [0.25, 0.3) is 0 Å². The summed E-state index contributed by atoms with van der Waals surface area (Å²) in [6, 6.07) is 12.5. The number of aromatic nitrogens is 2. The summed E-state index contributed by atoms with van der Waals surface area (Å²) in [5.74, 6) is -1.41. The van der Waals surface area contributed by atoms with Crippen LogP contribution in [0.15, 0.2) is 59.4 Å². The number of hydrogen-bond donors (Lipinski definition) is 1. The lowest BCUT2D eigenvalue weighted by atomic mass is 10.0. The smallest absolute Gasteiger partial charge is 0.176 e. The lowest BCUT2D eigenvalue weighted by Crippen LogP contribution is -2.17. The summed E-state index contributed by atoms with van der Waals surface area (Å²) in [5.41, 5.74) is 5.70. The molecule has 0 saturated carbocycles. The summed E-state index contributed by atoms with van der Waals surface area (Å²) in [5, 5.41) is 3.82. The van der Waals surface area contributed by atoms with Crippen LogP contribution in [0.2, 0.25) is 0 Å². The second-order valence-electron chi connectivity index (χ2n) is 7.67. The summed E-state index contributed by atoms with van der Waals surface area (Å²) < 4.78 is 33.4. The van der Waals surface area contributed by atoms with Crippen molar-refractivity contribution in [3.63, 3.8) is 0 Å². The number of anilines is 1. The zero-order valence-electron chi connectivity index (χ0n) is 16.6. The second kappa shape index (κ2) is 7.44. The van der Waals surface area contributed by atoms with E-state index in [0.717, 1.165) is 36.0 Å². The van der Waals surface area contributed by atoms with E-state index < -0.39 is 11.6 Å². The fraction of sp³-hybridized carbons (Fsp3) is 0.208. The van der Waals surface area contributed by atoms with Gasteiger partial charge in [0, 0.05) is 47.4 Å². The predicted octanol–water partition coefficient (Wildman–Crippen LogP) is 6.19. The van der Waals surface area contributed by atoms with Gasteiger partial charge in [-0.25, -0.2) is 8.78 Å². The van der Waals surface area contributed by atoms with Gasteiger partial charge in [-0.05, 0) is 49.6 Å². The molecule has 1 saturated heterocycles. The van der Waals surface area contributed by atoms with Crippen molar-refractivity contribution in [2.24, 2.45) is 0 Å². The molecule has 0 spiro atoms. The molecule has 1 fully saturated rings. The van der Waals surface area contributed by atoms with Crippen LogP contribution in [0.4, 0.5) is 14.5 Å². The zero-order chi connectivity index (χ0) is 20.7. The maximum Gasteiger partial charge on any atom is 0.176 e. The lowest BCUT2D eigenvalue weighted by Gasteiger charge is -2.19. The van der Waals surface area contributed by atoms with Gasteiger partial charge < -0.3 is 14.4 Å². The van der Waals surface area contributed by atoms with Crippen molar-refractivity contribution in [3.05, 3.63) is 72.1 Å². The fourth-order valence-electron chi connectivity index (χ4n) is 4.15. The summed E-state index contributed by atoms with van der Waals surface area (Å²) >= 11 is 0. The number of rotatable bonds is 4. The number of nitrogens with zero attached hydrogens (tertiary/aromatic N) is 2. The van der Waals surface area contributed by atoms with E-state index in [1.165, 1.54) is 42.4 Å². The normalized spacial score (nSPS) is 13.9. The molecule has 0 amide bonds. The third kappa shape index (κ3) is 3.18. The Morgan fingerprint density at radius 1 is 1.00 bits per heavy atom. The Hall–Kier alpha value is -3.41. The molecule has 4 aromatic rings. The number of benzene rings is 2. The molecule has 0 bridgehead atoms. The SMILES string of the molecule is Cc1cc(N2CCCC2)ccc1-c1cc(-c2oncc2-c2cccc(F)c2F)c[nH]1. The van der Waals surface area contributed by atoms with Gasteiger partial charge in [0.2, 0.25) is 0 Å². The minimum Gasteiger partial charge on any atom is -0.372 e. The molecule has 6 heteroatoms. The molecular weight excluding hydrogens is 384 g/mol. The lowest BCUT2D eigenvalue weighted by molar-refractivity contribution is 0.432. The first-order chi connectivity index (χ1) is 14.6. The fourth-order valence-corrected chi connectivity index (χ4v) is 4.15. The Morgan fingerprint density at radius 3 is 2.63 bits per heavy atom. The van der Waals surface area contributed by atoms with Crippen LogP contribution in [0, 0.1) is 18.6 Å². The van der Waals surface area contributed by atoms with E-state index in [4.69, 9.17) is 4.52 Å². The van der Waals surface area contributed by atoms with Gasteiger partial charge in [-0.3, -0.25) is 0 Å². The maximum atomic E-state index is 14.3. The molecule has 1 aliphatic rings. The molecule has 3 heterocycles. The molecule has 1 aliphatic heterocycles. The van der Waals surface area contributed by atoms with Crippen LogP contribution in [0.3, 0.4) is 0 Å². The maximum absolute atomic E-state index is 14.3. The third-order valence-corrected chi connectivity index (χ3v) is 5.73. The minimum absolute atomic E-state index is 0.125. The standard InChI is InChI=1S/C24H21F2N3O/c1-15-11-17(29-9-2-3-10-29)7-8-18(15)22-12-16(13-27-22)24-20(14-28-30-24)19-5-4-6-21(25)23(19)26/h4-8,11-14,27H,2-3,9-10H2,1H3. The Labute approximate surface area is 173 Å². The van der Waals surface area contributed by atoms with Gasteiger partial charge in [-0.15, -0.1) is 0 Å². The average molecular weight is 405 g/mol. The van der Waals surface area contributed by atoms with E-state index in [2.05, 4.69) is 40.2 Å². The number of H-pyrrole nitrogens is 1. The first-order valence-electron chi connectivity index (χ1n) is 10.1. The first kappa shape index (κ1) is 18.6. The quantitative estimate of drug-likeness (QED) is 0.440. The van der Waals surface area contributed by atoms with Crippen molar-refractivity contribution < 1.29 is 13.3 Å². The Bertz CT molecular complexity index is 1200. The highest BCUT2D eigenvalue weighted by atomic mass is 19.2. The summed E-state index contributed by atoms with van der Waals surface area (Å²) in [6.07, 6.45) is 5.69. The van der Waals surface area contributed by atoms with E-state index in [1.807, 2.05) is 6.07 Å². The predicted molar refractivity (Wildman–Crippen MR) is 113 cm³/mol. The summed E-state index contributed by atoms with van der Waals surface area (Å²) in [4.78, 5) is 5.68. The number of aromatic amines is 1.